The van der Waals surface area contributed by atoms with Crippen molar-refractivity contribution in [2.45, 2.75) is 48.4 Å². The molecule has 0 aliphatic rings. The average molecular weight is 620 g/mol. The second-order valence-electron chi connectivity index (χ2n) is 6.84. The minimum Gasteiger partial charge on any atom is -0.310 e. The van der Waals surface area contributed by atoms with Gasteiger partial charge in [0, 0.05) is 17.8 Å². The monoisotopic (exact) mass is 619 g/mol. The summed E-state index contributed by atoms with van der Waals surface area (Å²) in [4.78, 5) is 11.4. The smallest absolute Gasteiger partial charge is 0.310 e. The Balaban J connectivity index is 3.71. The van der Waals surface area contributed by atoms with Crippen LogP contribution in [0, 0.1) is 0 Å². The van der Waals surface area contributed by atoms with E-state index in [4.69, 9.17) is 11.6 Å². The van der Waals surface area contributed by atoms with Gasteiger partial charge in [-0.25, -0.2) is 0 Å². The first-order chi connectivity index (χ1) is 16.5. The summed E-state index contributed by atoms with van der Waals surface area (Å²) in [5.74, 6) is -26.2. The van der Waals surface area contributed by atoms with Gasteiger partial charge < -0.3 is 4.90 Å². The van der Waals surface area contributed by atoms with Crippen molar-refractivity contribution in [1.82, 2.24) is 0 Å². The lowest BCUT2D eigenvalue weighted by Gasteiger charge is -2.40. The Bertz CT molecular complexity index is 1020. The lowest BCUT2D eigenvalue weighted by molar-refractivity contribution is -0.548. The molecule has 2 unspecified atom stereocenters. The molecule has 0 saturated carbocycles. The van der Waals surface area contributed by atoms with Crippen molar-refractivity contribution in [2.75, 3.05) is 11.9 Å². The summed E-state index contributed by atoms with van der Waals surface area (Å²) < 4.78 is 227. The fourth-order valence-corrected chi connectivity index (χ4v) is 2.36. The second-order valence-corrected chi connectivity index (χ2v) is 7.28. The zero-order valence-electron chi connectivity index (χ0n) is 17.3. The van der Waals surface area contributed by atoms with E-state index in [0.29, 0.717) is 12.1 Å². The van der Waals surface area contributed by atoms with Crippen LogP contribution in [0.4, 0.5) is 80.3 Å². The van der Waals surface area contributed by atoms with Gasteiger partial charge in [-0.15, -0.1) is 0 Å². The molecule has 0 fully saturated rings. The summed E-state index contributed by atoms with van der Waals surface area (Å²) in [5, 5.41) is -0.425. The maximum Gasteiger partial charge on any atom is 0.462 e. The van der Waals surface area contributed by atoms with Crippen LogP contribution in [0.3, 0.4) is 0 Å². The second kappa shape index (κ2) is 9.72. The van der Waals surface area contributed by atoms with Crippen molar-refractivity contribution >= 4 is 23.2 Å². The Kier molecular flexibility index (Phi) is 8.63. The van der Waals surface area contributed by atoms with Crippen LogP contribution in [-0.2, 0) is 14.3 Å². The number of halogens is 18. The molecule has 1 aromatic rings. The molecule has 0 aliphatic carbocycles. The molecule has 22 heteroatoms. The summed E-state index contributed by atoms with van der Waals surface area (Å²) in [6.07, 6.45) is -38.7. The van der Waals surface area contributed by atoms with Gasteiger partial charge in [-0.05, 0) is 18.2 Å². The molecule has 0 aromatic heterocycles. The number of amides is 1. The maximum absolute atomic E-state index is 14.6. The van der Waals surface area contributed by atoms with Crippen LogP contribution in [0.25, 0.3) is 0 Å². The third kappa shape index (κ3) is 5.82. The molecule has 1 aromatic carbocycles. The lowest BCUT2D eigenvalue weighted by Crippen LogP contribution is -2.68. The third-order valence-electron chi connectivity index (χ3n) is 4.14. The number of likely N-dealkylation sites (N-methyl/N-ethyl adjacent to an activating group) is 1. The molecule has 0 aliphatic heterocycles. The average Bonchev–Trinajstić information content (AvgIpc) is 2.69. The first-order valence-electron chi connectivity index (χ1n) is 8.64. The maximum atomic E-state index is 14.6. The minimum atomic E-state index is -8.07. The van der Waals surface area contributed by atoms with Crippen LogP contribution in [0.2, 0.25) is 5.02 Å². The van der Waals surface area contributed by atoms with Gasteiger partial charge in [-0.2, -0.15) is 74.6 Å². The molecular formula is C16H7ClF17NO3. The van der Waals surface area contributed by atoms with Crippen LogP contribution in [0.1, 0.15) is 0 Å². The van der Waals surface area contributed by atoms with Crippen molar-refractivity contribution in [3.63, 3.8) is 0 Å². The van der Waals surface area contributed by atoms with Crippen molar-refractivity contribution < 1.29 is 88.9 Å². The predicted molar refractivity (Wildman–Crippen MR) is 87.7 cm³/mol. The highest BCUT2D eigenvalue weighted by Crippen LogP contribution is 2.56. The number of rotatable bonds is 8. The minimum absolute atomic E-state index is 0.135. The van der Waals surface area contributed by atoms with E-state index < -0.39 is 69.9 Å². The number of hydrogen-bond acceptors (Lipinski definition) is 3. The molecular weight excluding hydrogens is 613 g/mol. The third-order valence-corrected chi connectivity index (χ3v) is 4.37. The van der Waals surface area contributed by atoms with Crippen molar-refractivity contribution in [3.8, 4) is 0 Å². The molecule has 38 heavy (non-hydrogen) atoms. The van der Waals surface area contributed by atoms with Crippen molar-refractivity contribution in [1.29, 1.82) is 0 Å². The highest BCUT2D eigenvalue weighted by Gasteiger charge is 2.85. The topological polar surface area (TPSA) is 38.8 Å². The molecule has 0 N–H and O–H groups in total. The standard InChI is InChI=1S/C16H7ClF17NO3/c1-35(7-4-2-3-6(17)5-7)8(36)9(18,12(22,23)24)37-16(33,34)11(21,14(28,29)30)38-15(31,32)10(19,20)13(25,26)27/h2-5H,1H3. The van der Waals surface area contributed by atoms with Crippen LogP contribution in [0.5, 0.6) is 0 Å². The van der Waals surface area contributed by atoms with E-state index in [-0.39, 0.29) is 7.05 Å². The summed E-state index contributed by atoms with van der Waals surface area (Å²) in [6, 6.07) is 2.98. The molecule has 2 atom stereocenters. The molecule has 4 nitrogen and oxygen atoms in total. The number of carbonyl (C=O) groups is 1. The van der Waals surface area contributed by atoms with E-state index in [1.807, 2.05) is 4.74 Å². The molecule has 0 radical (unpaired) electrons. The Morgan fingerprint density at radius 1 is 0.711 bits per heavy atom. The van der Waals surface area contributed by atoms with Gasteiger partial charge in [-0.1, -0.05) is 17.7 Å². The Labute approximate surface area is 202 Å². The highest BCUT2D eigenvalue weighted by molar-refractivity contribution is 6.30. The van der Waals surface area contributed by atoms with Crippen molar-refractivity contribution in [2.24, 2.45) is 0 Å². The number of nitrogens with zero attached hydrogens (tertiary/aromatic N) is 1. The zero-order chi connectivity index (χ0) is 30.6. The summed E-state index contributed by atoms with van der Waals surface area (Å²) >= 11 is 5.44. The summed E-state index contributed by atoms with van der Waals surface area (Å²) in [6.45, 7) is 0. The molecule has 0 heterocycles. The Morgan fingerprint density at radius 3 is 1.55 bits per heavy atom. The van der Waals surface area contributed by atoms with E-state index in [2.05, 4.69) is 0 Å². The van der Waals surface area contributed by atoms with E-state index in [1.165, 1.54) is 4.74 Å². The van der Waals surface area contributed by atoms with Crippen LogP contribution < -0.4 is 4.90 Å². The number of benzene rings is 1. The largest absolute Gasteiger partial charge is 0.462 e. The van der Waals surface area contributed by atoms with E-state index in [1.54, 1.807) is 0 Å². The van der Waals surface area contributed by atoms with Gasteiger partial charge in [0.25, 0.3) is 0 Å². The Hall–Kier alpha value is -2.29. The highest BCUT2D eigenvalue weighted by atomic mass is 35.5. The van der Waals surface area contributed by atoms with E-state index >= 15 is 0 Å². The zero-order valence-corrected chi connectivity index (χ0v) is 18.0. The molecule has 0 spiro atoms. The number of hydrogen-bond donors (Lipinski definition) is 0. The number of carbonyl (C=O) groups excluding carboxylic acids is 1. The van der Waals surface area contributed by atoms with Gasteiger partial charge >= 0.3 is 54.3 Å². The molecule has 0 saturated heterocycles. The van der Waals surface area contributed by atoms with Gasteiger partial charge in [0.05, 0.1) is 0 Å². The fraction of sp³-hybridized carbons (Fsp3) is 0.562. The number of anilines is 1. The molecule has 1 amide bonds. The first-order valence-corrected chi connectivity index (χ1v) is 9.02. The Morgan fingerprint density at radius 2 is 1.18 bits per heavy atom. The molecule has 1 rings (SSSR count). The lowest BCUT2D eigenvalue weighted by atomic mass is 10.2. The van der Waals surface area contributed by atoms with Crippen molar-refractivity contribution in [3.05, 3.63) is 29.3 Å². The number of alkyl halides is 17. The van der Waals surface area contributed by atoms with Crippen LogP contribution >= 0.6 is 11.6 Å². The predicted octanol–water partition coefficient (Wildman–Crippen LogP) is 7.18. The van der Waals surface area contributed by atoms with Crippen LogP contribution in [0.15, 0.2) is 24.3 Å². The quantitative estimate of drug-likeness (QED) is 0.290. The van der Waals surface area contributed by atoms with Gasteiger partial charge in [-0.3, -0.25) is 14.3 Å². The van der Waals surface area contributed by atoms with Crippen LogP contribution in [-0.4, -0.2) is 61.3 Å². The van der Waals surface area contributed by atoms with Gasteiger partial charge in [0.1, 0.15) is 0 Å². The summed E-state index contributed by atoms with van der Waals surface area (Å²) in [7, 11) is 0.135. The van der Waals surface area contributed by atoms with Gasteiger partial charge in [0.2, 0.25) is 0 Å². The first kappa shape index (κ1) is 33.7. The normalized spacial score (nSPS) is 17.6. The SMILES string of the molecule is CN(C(=O)C(F)(OC(F)(F)C(F)(OC(F)(F)C(F)(F)C(F)(F)F)C(F)(F)F)C(F)(F)F)c1cccc(Cl)c1. The fourth-order valence-electron chi connectivity index (χ4n) is 2.17. The van der Waals surface area contributed by atoms with E-state index in [0.717, 1.165) is 12.1 Å². The summed E-state index contributed by atoms with van der Waals surface area (Å²) in [5.41, 5.74) is -0.921. The van der Waals surface area contributed by atoms with E-state index in [9.17, 15) is 79.4 Å². The van der Waals surface area contributed by atoms with Gasteiger partial charge in [0.15, 0.2) is 0 Å². The molecule has 220 valence electrons. The molecule has 0 bridgehead atoms. The number of ether oxygens (including phenoxy) is 2.